The van der Waals surface area contributed by atoms with Gasteiger partial charge in [-0.1, -0.05) is 18.2 Å². The van der Waals surface area contributed by atoms with Crippen LogP contribution in [0.25, 0.3) is 11.8 Å². The van der Waals surface area contributed by atoms with Gasteiger partial charge in [-0.05, 0) is 68.0 Å². The zero-order valence-corrected chi connectivity index (χ0v) is 19.2. The maximum absolute atomic E-state index is 13.4. The third-order valence-corrected chi connectivity index (χ3v) is 6.30. The van der Waals surface area contributed by atoms with Gasteiger partial charge in [0.2, 0.25) is 6.79 Å². The van der Waals surface area contributed by atoms with Gasteiger partial charge in [-0.15, -0.1) is 0 Å². The molecule has 5 rings (SSSR count). The molecule has 33 heavy (non-hydrogen) atoms. The van der Waals surface area contributed by atoms with Crippen molar-refractivity contribution in [1.82, 2.24) is 9.47 Å². The summed E-state index contributed by atoms with van der Waals surface area (Å²) in [5, 5.41) is 0.152. The lowest BCUT2D eigenvalue weighted by atomic mass is 10.1. The first kappa shape index (κ1) is 21.0. The molecule has 1 aromatic heterocycles. The Kier molecular flexibility index (Phi) is 5.02. The molecule has 166 valence electrons. The summed E-state index contributed by atoms with van der Waals surface area (Å²) in [6.45, 7) is 4.13. The Morgan fingerprint density at radius 1 is 0.909 bits per heavy atom. The van der Waals surface area contributed by atoms with Gasteiger partial charge in [-0.3, -0.25) is 19.4 Å². The minimum Gasteiger partial charge on any atom is -0.454 e. The molecule has 0 saturated carbocycles. The predicted molar refractivity (Wildman–Crippen MR) is 129 cm³/mol. The number of hydrogen-bond donors (Lipinski definition) is 0. The van der Waals surface area contributed by atoms with Crippen molar-refractivity contribution < 1.29 is 19.1 Å². The second-order valence-corrected chi connectivity index (χ2v) is 8.25. The van der Waals surface area contributed by atoms with Crippen molar-refractivity contribution in [2.24, 2.45) is 0 Å². The number of anilines is 1. The SMILES string of the molecule is Cc1cc(C=C2C(=O)N(C)C(=S)N(c3ccccc3)C2=O)c(C)n1-c1ccc2c(c1)OCO2. The summed E-state index contributed by atoms with van der Waals surface area (Å²) >= 11 is 5.41. The number of thiocarbonyl (C=S) groups is 1. The quantitative estimate of drug-likeness (QED) is 0.337. The average molecular weight is 460 g/mol. The highest BCUT2D eigenvalue weighted by Crippen LogP contribution is 2.35. The molecule has 2 aliphatic heterocycles. The second-order valence-electron chi connectivity index (χ2n) is 7.88. The summed E-state index contributed by atoms with van der Waals surface area (Å²) < 4.78 is 13.0. The van der Waals surface area contributed by atoms with E-state index in [4.69, 9.17) is 21.7 Å². The zero-order valence-electron chi connectivity index (χ0n) is 18.4. The van der Waals surface area contributed by atoms with Crippen LogP contribution in [-0.4, -0.2) is 40.2 Å². The van der Waals surface area contributed by atoms with Crippen LogP contribution >= 0.6 is 12.2 Å². The lowest BCUT2D eigenvalue weighted by Crippen LogP contribution is -2.54. The molecule has 0 radical (unpaired) electrons. The van der Waals surface area contributed by atoms with E-state index in [1.807, 2.05) is 56.3 Å². The minimum absolute atomic E-state index is 0.0564. The van der Waals surface area contributed by atoms with Gasteiger partial charge < -0.3 is 14.0 Å². The maximum atomic E-state index is 13.4. The van der Waals surface area contributed by atoms with Crippen LogP contribution in [0, 0.1) is 13.8 Å². The number of rotatable bonds is 3. The number of amides is 2. The van der Waals surface area contributed by atoms with Gasteiger partial charge in [0.1, 0.15) is 5.57 Å². The number of benzene rings is 2. The van der Waals surface area contributed by atoms with E-state index in [0.29, 0.717) is 17.2 Å². The highest BCUT2D eigenvalue weighted by atomic mass is 32.1. The fraction of sp³-hybridized carbons (Fsp3) is 0.160. The van der Waals surface area contributed by atoms with E-state index >= 15 is 0 Å². The van der Waals surface area contributed by atoms with E-state index in [0.717, 1.165) is 22.6 Å². The molecule has 2 amide bonds. The topological polar surface area (TPSA) is 64.0 Å². The highest BCUT2D eigenvalue weighted by molar-refractivity contribution is 7.80. The van der Waals surface area contributed by atoms with Crippen molar-refractivity contribution >= 4 is 40.9 Å². The lowest BCUT2D eigenvalue weighted by molar-refractivity contribution is -0.127. The zero-order chi connectivity index (χ0) is 23.3. The van der Waals surface area contributed by atoms with Crippen LogP contribution in [0.5, 0.6) is 11.5 Å². The van der Waals surface area contributed by atoms with Crippen molar-refractivity contribution in [3.05, 3.63) is 77.1 Å². The summed E-state index contributed by atoms with van der Waals surface area (Å²) in [7, 11) is 1.58. The Bertz CT molecular complexity index is 1340. The van der Waals surface area contributed by atoms with Crippen molar-refractivity contribution in [3.8, 4) is 17.2 Å². The monoisotopic (exact) mass is 459 g/mol. The molecule has 2 aliphatic rings. The van der Waals surface area contributed by atoms with Gasteiger partial charge in [0.15, 0.2) is 16.6 Å². The number of aryl methyl sites for hydroxylation is 1. The molecule has 0 bridgehead atoms. The predicted octanol–water partition coefficient (Wildman–Crippen LogP) is 4.00. The van der Waals surface area contributed by atoms with E-state index in [9.17, 15) is 9.59 Å². The normalized spacial score (nSPS) is 16.8. The number of carbonyl (C=O) groups excluding carboxylic acids is 2. The molecule has 0 atom stereocenters. The van der Waals surface area contributed by atoms with Crippen LogP contribution in [0.3, 0.4) is 0 Å². The molecule has 0 N–H and O–H groups in total. The van der Waals surface area contributed by atoms with Crippen LogP contribution in [-0.2, 0) is 9.59 Å². The van der Waals surface area contributed by atoms with Gasteiger partial charge >= 0.3 is 0 Å². The first-order valence-electron chi connectivity index (χ1n) is 10.4. The Morgan fingerprint density at radius 2 is 1.64 bits per heavy atom. The number of nitrogens with zero attached hydrogens (tertiary/aromatic N) is 3. The molecule has 0 unspecified atom stereocenters. The Morgan fingerprint density at radius 3 is 2.39 bits per heavy atom. The lowest BCUT2D eigenvalue weighted by Gasteiger charge is -2.34. The molecule has 2 aromatic carbocycles. The standard InChI is InChI=1S/C25H21N3O4S/c1-15-11-17(16(2)27(15)19-9-10-21-22(13-19)32-14-31-21)12-20-23(29)26(3)25(33)28(24(20)30)18-7-5-4-6-8-18/h4-13H,14H2,1-3H3. The van der Waals surface area contributed by atoms with Crippen molar-refractivity contribution in [3.63, 3.8) is 0 Å². The smallest absolute Gasteiger partial charge is 0.270 e. The van der Waals surface area contributed by atoms with Crippen LogP contribution in [0.2, 0.25) is 0 Å². The van der Waals surface area contributed by atoms with E-state index in [-0.39, 0.29) is 17.5 Å². The van der Waals surface area contributed by atoms with Gasteiger partial charge in [0.05, 0.1) is 5.69 Å². The second kappa shape index (κ2) is 7.90. The molecule has 7 nitrogen and oxygen atoms in total. The number of ether oxygens (including phenoxy) is 2. The maximum Gasteiger partial charge on any atom is 0.270 e. The number of fused-ring (bicyclic) bond motifs is 1. The summed E-state index contributed by atoms with van der Waals surface area (Å²) in [5.74, 6) is 0.528. The first-order chi connectivity index (χ1) is 15.9. The summed E-state index contributed by atoms with van der Waals surface area (Å²) in [5.41, 5.74) is 4.20. The van der Waals surface area contributed by atoms with E-state index in [2.05, 4.69) is 4.57 Å². The van der Waals surface area contributed by atoms with Gasteiger partial charge in [0, 0.05) is 30.2 Å². The number of likely N-dealkylation sites (N-methyl/N-ethyl adjacent to an activating group) is 1. The van der Waals surface area contributed by atoms with E-state index in [1.54, 1.807) is 25.3 Å². The number of para-hydroxylation sites is 1. The van der Waals surface area contributed by atoms with Crippen molar-refractivity contribution in [1.29, 1.82) is 0 Å². The summed E-state index contributed by atoms with van der Waals surface area (Å²) in [6.07, 6.45) is 1.64. The number of aromatic nitrogens is 1. The number of hydrogen-bond acceptors (Lipinski definition) is 5. The van der Waals surface area contributed by atoms with E-state index in [1.165, 1.54) is 9.80 Å². The van der Waals surface area contributed by atoms with E-state index < -0.39 is 11.8 Å². The fourth-order valence-electron chi connectivity index (χ4n) is 4.16. The molecule has 1 fully saturated rings. The van der Waals surface area contributed by atoms with Gasteiger partial charge in [-0.2, -0.15) is 0 Å². The van der Waals surface area contributed by atoms with Crippen LogP contribution in [0.15, 0.2) is 60.2 Å². The van der Waals surface area contributed by atoms with Crippen molar-refractivity contribution in [2.75, 3.05) is 18.7 Å². The summed E-state index contributed by atoms with van der Waals surface area (Å²) in [6, 6.07) is 16.8. The van der Waals surface area contributed by atoms with Crippen molar-refractivity contribution in [2.45, 2.75) is 13.8 Å². The van der Waals surface area contributed by atoms with Crippen LogP contribution < -0.4 is 14.4 Å². The molecule has 0 spiro atoms. The summed E-state index contributed by atoms with van der Waals surface area (Å²) in [4.78, 5) is 29.1. The largest absolute Gasteiger partial charge is 0.454 e. The molecular weight excluding hydrogens is 438 g/mol. The third kappa shape index (κ3) is 3.39. The Balaban J connectivity index is 1.57. The first-order valence-corrected chi connectivity index (χ1v) is 10.8. The molecule has 1 saturated heterocycles. The minimum atomic E-state index is -0.442. The molecule has 0 aliphatic carbocycles. The average Bonchev–Trinajstić information content (AvgIpc) is 3.39. The van der Waals surface area contributed by atoms with Crippen LogP contribution in [0.4, 0.5) is 5.69 Å². The fourth-order valence-corrected chi connectivity index (χ4v) is 4.43. The number of carbonyl (C=O) groups is 2. The molecule has 3 heterocycles. The van der Waals surface area contributed by atoms with Gasteiger partial charge in [-0.25, -0.2) is 0 Å². The Labute approximate surface area is 196 Å². The highest BCUT2D eigenvalue weighted by Gasteiger charge is 2.38. The molecule has 8 heteroatoms. The Hall–Kier alpha value is -3.91. The van der Waals surface area contributed by atoms with Gasteiger partial charge in [0.25, 0.3) is 11.8 Å². The van der Waals surface area contributed by atoms with Crippen LogP contribution in [0.1, 0.15) is 17.0 Å². The molecule has 3 aromatic rings. The molecular formula is C25H21N3O4S. The third-order valence-electron chi connectivity index (χ3n) is 5.85.